The smallest absolute Gasteiger partial charge is 0.390 e. The van der Waals surface area contributed by atoms with Crippen molar-refractivity contribution in [2.45, 2.75) is 12.2 Å². The molecule has 94 valence electrons. The minimum Gasteiger partial charge on any atom is -0.390 e. The summed E-state index contributed by atoms with van der Waals surface area (Å²) in [5.74, 6) is -1.57. The van der Waals surface area contributed by atoms with Crippen LogP contribution in [0.25, 0.3) is 0 Å². The van der Waals surface area contributed by atoms with Gasteiger partial charge in [0.15, 0.2) is 0 Å². The number of H-pyrrole nitrogens is 1. The van der Waals surface area contributed by atoms with Crippen molar-refractivity contribution in [1.82, 2.24) is 4.98 Å². The number of hydrogen-bond donors (Lipinski definition) is 1. The van der Waals surface area contributed by atoms with Gasteiger partial charge in [0.1, 0.15) is 5.56 Å². The van der Waals surface area contributed by atoms with E-state index in [2.05, 4.69) is 4.74 Å². The Morgan fingerprint density at radius 2 is 2.12 bits per heavy atom. The van der Waals surface area contributed by atoms with Gasteiger partial charge in [-0.25, -0.2) is 0 Å². The maximum Gasteiger partial charge on any atom is 0.574 e. The summed E-state index contributed by atoms with van der Waals surface area (Å²) in [4.78, 5) is 22.4. The van der Waals surface area contributed by atoms with Crippen LogP contribution in [0, 0.1) is 10.1 Å². The quantitative estimate of drug-likeness (QED) is 0.517. The lowest BCUT2D eigenvalue weighted by Gasteiger charge is -2.08. The third kappa shape index (κ3) is 3.34. The van der Waals surface area contributed by atoms with Crippen molar-refractivity contribution in [3.8, 4) is 5.88 Å². The Morgan fingerprint density at radius 3 is 2.53 bits per heavy atom. The molecule has 0 amide bonds. The topological polar surface area (TPSA) is 85.2 Å². The van der Waals surface area contributed by atoms with Gasteiger partial charge >= 0.3 is 6.36 Å². The highest BCUT2D eigenvalue weighted by atomic mass is 35.5. The number of pyridine rings is 1. The number of hydrogen-bond acceptors (Lipinski definition) is 4. The van der Waals surface area contributed by atoms with Gasteiger partial charge in [0.05, 0.1) is 16.9 Å². The normalized spacial score (nSPS) is 11.3. The zero-order valence-electron chi connectivity index (χ0n) is 7.88. The first-order valence-electron chi connectivity index (χ1n) is 3.97. The van der Waals surface area contributed by atoms with Gasteiger partial charge in [-0.2, -0.15) is 0 Å². The fourth-order valence-corrected chi connectivity index (χ4v) is 1.28. The Hall–Kier alpha value is -1.77. The highest BCUT2D eigenvalue weighted by Gasteiger charge is 2.33. The largest absolute Gasteiger partial charge is 0.574 e. The Kier molecular flexibility index (Phi) is 3.61. The third-order valence-electron chi connectivity index (χ3n) is 1.64. The standard InChI is InChI=1S/C7H4ClF3N2O4/c8-2-3-4(13(15)16)1-5(12-6(3)14)17-7(9,10)11/h1H,2H2,(H,12,14). The molecule has 0 aliphatic heterocycles. The predicted octanol–water partition coefficient (Wildman–Crippen LogP) is 1.92. The first-order valence-corrected chi connectivity index (χ1v) is 4.50. The van der Waals surface area contributed by atoms with Crippen LogP contribution in [0.4, 0.5) is 18.9 Å². The summed E-state index contributed by atoms with van der Waals surface area (Å²) in [6, 6.07) is 0.451. The SMILES string of the molecule is O=c1[nH]c(OC(F)(F)F)cc([N+](=O)[O-])c1CCl. The van der Waals surface area contributed by atoms with Crippen LogP contribution in [0.15, 0.2) is 10.9 Å². The summed E-state index contributed by atoms with van der Waals surface area (Å²) in [7, 11) is 0. The predicted molar refractivity (Wildman–Crippen MR) is 50.0 cm³/mol. The first kappa shape index (κ1) is 13.3. The molecule has 0 atom stereocenters. The molecule has 1 rings (SSSR count). The third-order valence-corrected chi connectivity index (χ3v) is 1.91. The van der Waals surface area contributed by atoms with Crippen molar-refractivity contribution in [3.05, 3.63) is 32.1 Å². The van der Waals surface area contributed by atoms with Gasteiger partial charge in [0.2, 0.25) is 5.88 Å². The minimum atomic E-state index is -5.06. The molecule has 1 heterocycles. The number of nitro groups is 1. The second-order valence-corrected chi connectivity index (χ2v) is 3.03. The monoisotopic (exact) mass is 272 g/mol. The van der Waals surface area contributed by atoms with E-state index < -0.39 is 39.9 Å². The number of alkyl halides is 4. The molecular weight excluding hydrogens is 269 g/mol. The first-order chi connectivity index (χ1) is 7.74. The average Bonchev–Trinajstić information content (AvgIpc) is 2.13. The van der Waals surface area contributed by atoms with Crippen molar-refractivity contribution in [1.29, 1.82) is 0 Å². The van der Waals surface area contributed by atoms with Crippen LogP contribution in [-0.4, -0.2) is 16.3 Å². The fraction of sp³-hybridized carbons (Fsp3) is 0.286. The van der Waals surface area contributed by atoms with Gasteiger partial charge in [-0.05, 0) is 0 Å². The Bertz CT molecular complexity index is 499. The van der Waals surface area contributed by atoms with Crippen LogP contribution in [-0.2, 0) is 5.88 Å². The van der Waals surface area contributed by atoms with E-state index in [4.69, 9.17) is 11.6 Å². The minimum absolute atomic E-state index is 0.439. The van der Waals surface area contributed by atoms with Crippen molar-refractivity contribution < 1.29 is 22.8 Å². The molecule has 6 nitrogen and oxygen atoms in total. The summed E-state index contributed by atoms with van der Waals surface area (Å²) in [6.07, 6.45) is -5.06. The molecule has 17 heavy (non-hydrogen) atoms. The molecule has 0 saturated heterocycles. The van der Waals surface area contributed by atoms with Crippen LogP contribution < -0.4 is 10.3 Å². The number of rotatable bonds is 3. The van der Waals surface area contributed by atoms with Gasteiger partial charge in [-0.1, -0.05) is 0 Å². The summed E-state index contributed by atoms with van der Waals surface area (Å²) >= 11 is 5.28. The van der Waals surface area contributed by atoms with E-state index in [0.29, 0.717) is 6.07 Å². The van der Waals surface area contributed by atoms with Gasteiger partial charge in [0.25, 0.3) is 11.2 Å². The van der Waals surface area contributed by atoms with Crippen molar-refractivity contribution >= 4 is 17.3 Å². The highest BCUT2D eigenvalue weighted by Crippen LogP contribution is 2.25. The maximum atomic E-state index is 11.8. The summed E-state index contributed by atoms with van der Waals surface area (Å²) in [5.41, 5.74) is -2.37. The molecule has 0 aliphatic carbocycles. The van der Waals surface area contributed by atoms with Crippen LogP contribution >= 0.6 is 11.6 Å². The second kappa shape index (κ2) is 4.62. The van der Waals surface area contributed by atoms with Gasteiger partial charge in [-0.3, -0.25) is 19.9 Å². The lowest BCUT2D eigenvalue weighted by atomic mass is 10.2. The van der Waals surface area contributed by atoms with Gasteiger partial charge in [0, 0.05) is 0 Å². The molecule has 0 saturated carbocycles. The average molecular weight is 273 g/mol. The molecule has 0 fully saturated rings. The van der Waals surface area contributed by atoms with E-state index in [1.165, 1.54) is 0 Å². The van der Waals surface area contributed by atoms with Crippen molar-refractivity contribution in [2.75, 3.05) is 0 Å². The Morgan fingerprint density at radius 1 is 1.53 bits per heavy atom. The Balaban J connectivity index is 3.30. The molecule has 10 heteroatoms. The second-order valence-electron chi connectivity index (χ2n) is 2.77. The summed E-state index contributed by atoms with van der Waals surface area (Å²) in [6.45, 7) is 0. The molecule has 0 aromatic carbocycles. The fourth-order valence-electron chi connectivity index (χ4n) is 1.02. The summed E-state index contributed by atoms with van der Waals surface area (Å²) < 4.78 is 38.9. The number of nitrogens with one attached hydrogen (secondary N) is 1. The molecule has 1 N–H and O–H groups in total. The molecular formula is C7H4ClF3N2O4. The highest BCUT2D eigenvalue weighted by molar-refractivity contribution is 6.17. The van der Waals surface area contributed by atoms with E-state index in [1.807, 2.05) is 0 Å². The van der Waals surface area contributed by atoms with Crippen LogP contribution in [0.5, 0.6) is 5.88 Å². The Labute approximate surface area is 96.1 Å². The van der Waals surface area contributed by atoms with Crippen LogP contribution in [0.1, 0.15) is 5.56 Å². The number of aromatic amines is 1. The summed E-state index contributed by atoms with van der Waals surface area (Å²) in [5, 5.41) is 10.5. The molecule has 0 aliphatic rings. The van der Waals surface area contributed by atoms with Crippen LogP contribution in [0.2, 0.25) is 0 Å². The van der Waals surface area contributed by atoms with Gasteiger partial charge in [-0.15, -0.1) is 24.8 Å². The molecule has 1 aromatic rings. The molecule has 1 aromatic heterocycles. The van der Waals surface area contributed by atoms with E-state index in [-0.39, 0.29) is 0 Å². The number of halogens is 4. The molecule has 0 unspecified atom stereocenters. The van der Waals surface area contributed by atoms with Crippen molar-refractivity contribution in [3.63, 3.8) is 0 Å². The molecule has 0 radical (unpaired) electrons. The maximum absolute atomic E-state index is 11.8. The van der Waals surface area contributed by atoms with E-state index in [0.717, 1.165) is 0 Å². The number of nitrogens with zero attached hydrogens (tertiary/aromatic N) is 1. The lowest BCUT2D eigenvalue weighted by Crippen LogP contribution is -2.22. The number of ether oxygens (including phenoxy) is 1. The van der Waals surface area contributed by atoms with Crippen molar-refractivity contribution in [2.24, 2.45) is 0 Å². The van der Waals surface area contributed by atoms with Crippen LogP contribution in [0.3, 0.4) is 0 Å². The number of aromatic nitrogens is 1. The van der Waals surface area contributed by atoms with E-state index in [9.17, 15) is 28.1 Å². The van der Waals surface area contributed by atoms with Gasteiger partial charge < -0.3 is 4.74 Å². The zero-order chi connectivity index (χ0) is 13.2. The zero-order valence-corrected chi connectivity index (χ0v) is 8.63. The van der Waals surface area contributed by atoms with E-state index >= 15 is 0 Å². The van der Waals surface area contributed by atoms with E-state index in [1.54, 1.807) is 4.98 Å². The molecule has 0 spiro atoms. The molecule has 0 bridgehead atoms. The lowest BCUT2D eigenvalue weighted by molar-refractivity contribution is -0.385.